The lowest BCUT2D eigenvalue weighted by Crippen LogP contribution is -2.69. The van der Waals surface area contributed by atoms with Gasteiger partial charge in [-0.1, -0.05) is 0 Å². The molecule has 0 aromatic rings. The molecule has 0 heterocycles. The van der Waals surface area contributed by atoms with Gasteiger partial charge < -0.3 is 0 Å². The highest BCUT2D eigenvalue weighted by Crippen LogP contribution is 2.60. The van der Waals surface area contributed by atoms with Crippen molar-refractivity contribution in [2.45, 2.75) is 36.0 Å². The Balaban J connectivity index is 0. The Kier molecular flexibility index (Phi) is 7.10. The fourth-order valence-corrected chi connectivity index (χ4v) is 0.750. The van der Waals surface area contributed by atoms with Gasteiger partial charge in [0.25, 0.3) is 0 Å². The van der Waals surface area contributed by atoms with E-state index < -0.39 is 44.3 Å². The van der Waals surface area contributed by atoms with Crippen LogP contribution >= 0.6 is 8.25 Å². The van der Waals surface area contributed by atoms with Gasteiger partial charge in [0.2, 0.25) is 0 Å². The summed E-state index contributed by atoms with van der Waals surface area (Å²) in [5, 5.41) is 0. The maximum atomic E-state index is 12.3. The van der Waals surface area contributed by atoms with E-state index in [9.17, 15) is 61.5 Å². The third kappa shape index (κ3) is 4.36. The zero-order chi connectivity index (χ0) is 20.6. The van der Waals surface area contributed by atoms with Crippen LogP contribution in [-0.4, -0.2) is 45.8 Å². The fourth-order valence-electron chi connectivity index (χ4n) is 0.750. The molecule has 0 aliphatic carbocycles. The van der Waals surface area contributed by atoms with Crippen LogP contribution in [0.2, 0.25) is 0 Å². The van der Waals surface area contributed by atoms with Gasteiger partial charge in [0, 0.05) is 4.57 Å². The van der Waals surface area contributed by atoms with E-state index in [-0.39, 0.29) is 0 Å². The summed E-state index contributed by atoms with van der Waals surface area (Å²) in [6, 6.07) is 0. The van der Waals surface area contributed by atoms with Gasteiger partial charge in [-0.25, -0.2) is 0 Å². The first-order chi connectivity index (χ1) is 9.98. The van der Waals surface area contributed by atoms with Crippen molar-refractivity contribution in [1.29, 1.82) is 0 Å². The first kappa shape index (κ1) is 25.3. The van der Waals surface area contributed by atoms with E-state index in [0.717, 1.165) is 0 Å². The van der Waals surface area contributed by atoms with E-state index >= 15 is 0 Å². The summed E-state index contributed by atoms with van der Waals surface area (Å²) in [6.45, 7) is 0. The number of rotatable bonds is 3. The van der Waals surface area contributed by atoms with Crippen molar-refractivity contribution in [3.63, 3.8) is 0 Å². The largest absolute Gasteiger partial charge is 0.692 e. The third-order valence-corrected chi connectivity index (χ3v) is 1.90. The van der Waals surface area contributed by atoms with Crippen LogP contribution in [0, 0.1) is 0 Å². The van der Waals surface area contributed by atoms with Crippen LogP contribution in [0.1, 0.15) is 0 Å². The van der Waals surface area contributed by atoms with Gasteiger partial charge >= 0.3 is 44.3 Å². The Morgan fingerprint density at radius 3 is 0.667 bits per heavy atom. The van der Waals surface area contributed by atoms with Crippen LogP contribution in [0.15, 0.2) is 0 Å². The maximum Gasteiger partial charge on any atom is 0.692 e. The van der Waals surface area contributed by atoms with E-state index in [1.54, 1.807) is 0 Å². The highest BCUT2D eigenvalue weighted by Gasteiger charge is 2.91. The molecule has 0 saturated heterocycles. The zero-order valence-electron chi connectivity index (χ0n) is 10.0. The average Bonchev–Trinajstić information content (AvgIpc) is 2.23. The molecule has 24 heavy (non-hydrogen) atoms. The highest BCUT2D eigenvalue weighted by molar-refractivity contribution is 7.30. The average molecular weight is 419 g/mol. The Morgan fingerprint density at radius 2 is 0.583 bits per heavy atom. The minimum absolute atomic E-state index is 2.87. The molecule has 0 aromatic heterocycles. The van der Waals surface area contributed by atoms with Crippen LogP contribution < -0.4 is 0 Å². The summed E-state index contributed by atoms with van der Waals surface area (Å²) < 4.78 is 175. The molecule has 0 aliphatic heterocycles. The standard InChI is InChI=1S/C6F14.HO3P/c7-1(8,3(11,12)5(15,16)17)2(9,10)4(13,14)6(18,19)20;1-4(2)3/h;(H-,1,2,3)/p+1. The third-order valence-electron chi connectivity index (χ3n) is 1.90. The predicted molar refractivity (Wildman–Crippen MR) is 43.9 cm³/mol. The molecule has 0 radical (unpaired) electrons. The molecule has 146 valence electrons. The second kappa shape index (κ2) is 6.74. The number of hydrogen-bond acceptors (Lipinski definition) is 1. The smallest absolute Gasteiger partial charge is 0.192 e. The lowest BCUT2D eigenvalue weighted by atomic mass is 9.98. The molecule has 0 bridgehead atoms. The molecule has 0 unspecified atom stereocenters. The Morgan fingerprint density at radius 1 is 0.458 bits per heavy atom. The molecule has 0 amide bonds. The zero-order valence-corrected chi connectivity index (χ0v) is 10.9. The summed E-state index contributed by atoms with van der Waals surface area (Å²) in [4.78, 5) is 14.2. The Bertz CT molecular complexity index is 410. The molecule has 2 N–H and O–H groups in total. The lowest BCUT2D eigenvalue weighted by molar-refractivity contribution is -0.451. The Labute approximate surface area is 121 Å². The van der Waals surface area contributed by atoms with Gasteiger partial charge in [-0.15, -0.1) is 9.79 Å². The van der Waals surface area contributed by atoms with Crippen molar-refractivity contribution < 1.29 is 75.8 Å². The summed E-state index contributed by atoms with van der Waals surface area (Å²) in [5.41, 5.74) is 0. The topological polar surface area (TPSA) is 57.5 Å². The molecule has 0 rings (SSSR count). The molecule has 0 saturated carbocycles. The van der Waals surface area contributed by atoms with Crippen LogP contribution in [-0.2, 0) is 4.57 Å². The predicted octanol–water partition coefficient (Wildman–Crippen LogP) is 4.28. The van der Waals surface area contributed by atoms with Crippen molar-refractivity contribution in [3.05, 3.63) is 0 Å². The second-order valence-electron chi connectivity index (χ2n) is 3.55. The van der Waals surface area contributed by atoms with Crippen LogP contribution in [0.3, 0.4) is 0 Å². The van der Waals surface area contributed by atoms with E-state index in [1.807, 2.05) is 0 Å². The monoisotopic (exact) mass is 419 g/mol. The van der Waals surface area contributed by atoms with E-state index in [2.05, 4.69) is 0 Å². The molecule has 0 fully saturated rings. The second-order valence-corrected chi connectivity index (χ2v) is 4.05. The maximum absolute atomic E-state index is 12.3. The van der Waals surface area contributed by atoms with Crippen LogP contribution in [0.25, 0.3) is 0 Å². The molecule has 3 nitrogen and oxygen atoms in total. The minimum atomic E-state index is -8.04. The van der Waals surface area contributed by atoms with Crippen molar-refractivity contribution in [2.24, 2.45) is 0 Å². The fraction of sp³-hybridized carbons (Fsp3) is 1.00. The van der Waals surface area contributed by atoms with Crippen molar-refractivity contribution in [2.75, 3.05) is 0 Å². The quantitative estimate of drug-likeness (QED) is 0.531. The first-order valence-electron chi connectivity index (χ1n) is 4.48. The van der Waals surface area contributed by atoms with Gasteiger partial charge in [0.15, 0.2) is 0 Å². The number of hydrogen-bond donors (Lipinski definition) is 2. The van der Waals surface area contributed by atoms with Crippen molar-refractivity contribution in [1.82, 2.24) is 0 Å². The first-order valence-corrected chi connectivity index (χ1v) is 5.64. The van der Waals surface area contributed by atoms with Crippen LogP contribution in [0.4, 0.5) is 61.5 Å². The van der Waals surface area contributed by atoms with Gasteiger partial charge in [-0.05, 0) is 0 Å². The summed E-state index contributed by atoms with van der Waals surface area (Å²) in [7, 11) is -2.87. The van der Waals surface area contributed by atoms with Gasteiger partial charge in [0.05, 0.1) is 0 Å². The van der Waals surface area contributed by atoms with Gasteiger partial charge in [0.1, 0.15) is 0 Å². The molecule has 0 aliphatic rings. The lowest BCUT2D eigenvalue weighted by Gasteiger charge is -2.37. The molecular formula is C6H2F14O3P+. The number of alkyl halides is 14. The molecule has 0 aromatic carbocycles. The molecule has 0 atom stereocenters. The molecular weight excluding hydrogens is 417 g/mol. The summed E-state index contributed by atoms with van der Waals surface area (Å²) >= 11 is 0. The minimum Gasteiger partial charge on any atom is -0.192 e. The van der Waals surface area contributed by atoms with Gasteiger partial charge in [-0.2, -0.15) is 61.5 Å². The summed E-state index contributed by atoms with van der Waals surface area (Å²) in [6.07, 6.45) is -15.0. The summed E-state index contributed by atoms with van der Waals surface area (Å²) in [5.74, 6) is -31.7. The van der Waals surface area contributed by atoms with E-state index in [4.69, 9.17) is 14.4 Å². The van der Waals surface area contributed by atoms with E-state index in [0.29, 0.717) is 0 Å². The molecule has 18 heteroatoms. The normalized spacial score (nSPS) is 14.8. The SMILES string of the molecule is FC(F)(F)C(F)(F)C(F)(F)C(F)(F)C(F)(F)C(F)(F)F.O=[P+](O)O. The van der Waals surface area contributed by atoms with Crippen molar-refractivity contribution >= 4 is 8.25 Å². The molecule has 0 spiro atoms. The highest BCUT2D eigenvalue weighted by atomic mass is 31.1. The van der Waals surface area contributed by atoms with Gasteiger partial charge in [-0.3, -0.25) is 0 Å². The Hall–Kier alpha value is -0.960. The van der Waals surface area contributed by atoms with Crippen molar-refractivity contribution in [3.8, 4) is 0 Å². The number of halogens is 14. The van der Waals surface area contributed by atoms with Crippen LogP contribution in [0.5, 0.6) is 0 Å². The van der Waals surface area contributed by atoms with E-state index in [1.165, 1.54) is 0 Å².